The second kappa shape index (κ2) is 8.84. The SMILES string of the molecule is CCSCC(C)NCc1ccccc1OCC#N. The molecule has 1 aromatic carbocycles. The van der Waals surface area contributed by atoms with Crippen molar-refractivity contribution in [3.8, 4) is 11.8 Å². The monoisotopic (exact) mass is 264 g/mol. The molecule has 1 N–H and O–H groups in total. The predicted molar refractivity (Wildman–Crippen MR) is 76.9 cm³/mol. The number of benzene rings is 1. The fourth-order valence-corrected chi connectivity index (χ4v) is 2.25. The number of hydrogen-bond donors (Lipinski definition) is 1. The van der Waals surface area contributed by atoms with Gasteiger partial charge in [0.05, 0.1) is 0 Å². The van der Waals surface area contributed by atoms with Crippen LogP contribution in [-0.4, -0.2) is 24.2 Å². The lowest BCUT2D eigenvalue weighted by molar-refractivity contribution is 0.362. The number of ether oxygens (including phenoxy) is 1. The zero-order valence-electron chi connectivity index (χ0n) is 11.0. The summed E-state index contributed by atoms with van der Waals surface area (Å²) in [7, 11) is 0. The highest BCUT2D eigenvalue weighted by Crippen LogP contribution is 2.17. The van der Waals surface area contributed by atoms with Crippen LogP contribution in [-0.2, 0) is 6.54 Å². The molecule has 0 spiro atoms. The molecule has 0 bridgehead atoms. The van der Waals surface area contributed by atoms with Crippen LogP contribution in [0.2, 0.25) is 0 Å². The van der Waals surface area contributed by atoms with E-state index in [1.54, 1.807) is 0 Å². The van der Waals surface area contributed by atoms with Gasteiger partial charge in [0.15, 0.2) is 6.61 Å². The van der Waals surface area contributed by atoms with Crippen molar-refractivity contribution in [2.75, 3.05) is 18.1 Å². The summed E-state index contributed by atoms with van der Waals surface area (Å²) in [5.74, 6) is 3.05. The van der Waals surface area contributed by atoms with Gasteiger partial charge in [-0.1, -0.05) is 25.1 Å². The molecule has 98 valence electrons. The maximum atomic E-state index is 8.54. The molecule has 1 aromatic rings. The number of nitrogens with zero attached hydrogens (tertiary/aromatic N) is 1. The summed E-state index contributed by atoms with van der Waals surface area (Å²) >= 11 is 1.93. The molecule has 18 heavy (non-hydrogen) atoms. The summed E-state index contributed by atoms with van der Waals surface area (Å²) in [6.45, 7) is 5.22. The lowest BCUT2D eigenvalue weighted by Gasteiger charge is -2.15. The van der Waals surface area contributed by atoms with Gasteiger partial charge in [-0.3, -0.25) is 0 Å². The van der Waals surface area contributed by atoms with E-state index in [1.165, 1.54) is 0 Å². The molecule has 1 atom stereocenters. The van der Waals surface area contributed by atoms with Crippen LogP contribution in [0.1, 0.15) is 19.4 Å². The molecule has 0 aliphatic carbocycles. The molecule has 0 amide bonds. The van der Waals surface area contributed by atoms with Crippen molar-refractivity contribution in [2.24, 2.45) is 0 Å². The molecular weight excluding hydrogens is 244 g/mol. The summed E-state index contributed by atoms with van der Waals surface area (Å²) in [5, 5.41) is 12.0. The molecule has 0 heterocycles. The molecule has 0 saturated heterocycles. The van der Waals surface area contributed by atoms with Gasteiger partial charge < -0.3 is 10.1 Å². The van der Waals surface area contributed by atoms with Crippen molar-refractivity contribution in [1.82, 2.24) is 5.32 Å². The molecule has 0 fully saturated rings. The molecule has 0 saturated carbocycles. The van der Waals surface area contributed by atoms with Gasteiger partial charge in [-0.05, 0) is 18.7 Å². The molecular formula is C14H20N2OS. The maximum absolute atomic E-state index is 8.54. The predicted octanol–water partition coefficient (Wildman–Crippen LogP) is 2.82. The lowest BCUT2D eigenvalue weighted by atomic mass is 10.2. The van der Waals surface area contributed by atoms with Gasteiger partial charge in [0.2, 0.25) is 0 Å². The van der Waals surface area contributed by atoms with Crippen LogP contribution >= 0.6 is 11.8 Å². The van der Waals surface area contributed by atoms with E-state index in [0.29, 0.717) is 6.04 Å². The van der Waals surface area contributed by atoms with Crippen molar-refractivity contribution < 1.29 is 4.74 Å². The molecule has 1 rings (SSSR count). The summed E-state index contributed by atoms with van der Waals surface area (Å²) in [4.78, 5) is 0. The van der Waals surface area contributed by atoms with Crippen molar-refractivity contribution in [1.29, 1.82) is 5.26 Å². The highest BCUT2D eigenvalue weighted by atomic mass is 32.2. The molecule has 0 aromatic heterocycles. The van der Waals surface area contributed by atoms with Gasteiger partial charge in [0, 0.05) is 23.9 Å². The first-order valence-electron chi connectivity index (χ1n) is 6.16. The van der Waals surface area contributed by atoms with E-state index in [1.807, 2.05) is 42.1 Å². The molecule has 4 heteroatoms. The number of nitriles is 1. The average molecular weight is 264 g/mol. The van der Waals surface area contributed by atoms with Crippen LogP contribution < -0.4 is 10.1 Å². The molecule has 1 unspecified atom stereocenters. The van der Waals surface area contributed by atoms with Gasteiger partial charge in [-0.15, -0.1) is 0 Å². The largest absolute Gasteiger partial charge is 0.478 e. The van der Waals surface area contributed by atoms with E-state index in [9.17, 15) is 0 Å². The third-order valence-electron chi connectivity index (χ3n) is 2.48. The zero-order chi connectivity index (χ0) is 13.2. The Morgan fingerprint density at radius 2 is 2.22 bits per heavy atom. The Morgan fingerprint density at radius 3 is 2.94 bits per heavy atom. The van der Waals surface area contributed by atoms with Crippen LogP contribution in [0.5, 0.6) is 5.75 Å². The highest BCUT2D eigenvalue weighted by molar-refractivity contribution is 7.99. The Morgan fingerprint density at radius 1 is 1.44 bits per heavy atom. The minimum Gasteiger partial charge on any atom is -0.478 e. The van der Waals surface area contributed by atoms with Crippen molar-refractivity contribution in [3.63, 3.8) is 0 Å². The van der Waals surface area contributed by atoms with E-state index in [2.05, 4.69) is 19.2 Å². The number of thioether (sulfide) groups is 1. The third-order valence-corrected chi connectivity index (χ3v) is 3.62. The van der Waals surface area contributed by atoms with Crippen molar-refractivity contribution >= 4 is 11.8 Å². The van der Waals surface area contributed by atoms with E-state index in [4.69, 9.17) is 10.00 Å². The van der Waals surface area contributed by atoms with E-state index < -0.39 is 0 Å². The molecule has 3 nitrogen and oxygen atoms in total. The van der Waals surface area contributed by atoms with Gasteiger partial charge in [0.1, 0.15) is 11.8 Å². The van der Waals surface area contributed by atoms with Crippen LogP contribution in [0, 0.1) is 11.3 Å². The van der Waals surface area contributed by atoms with E-state index in [0.717, 1.165) is 29.4 Å². The van der Waals surface area contributed by atoms with E-state index >= 15 is 0 Å². The van der Waals surface area contributed by atoms with Crippen LogP contribution in [0.4, 0.5) is 0 Å². The second-order valence-electron chi connectivity index (χ2n) is 4.00. The third kappa shape index (κ3) is 5.44. The summed E-state index contributed by atoms with van der Waals surface area (Å²) in [6.07, 6.45) is 0. The number of nitrogens with one attached hydrogen (secondary N) is 1. The maximum Gasteiger partial charge on any atom is 0.174 e. The normalized spacial score (nSPS) is 11.8. The Bertz CT molecular complexity index is 390. The minimum atomic E-state index is 0.0955. The van der Waals surface area contributed by atoms with Gasteiger partial charge in [0.25, 0.3) is 0 Å². The summed E-state index contributed by atoms with van der Waals surface area (Å²) in [6, 6.07) is 10.3. The number of hydrogen-bond acceptors (Lipinski definition) is 4. The topological polar surface area (TPSA) is 45.0 Å². The summed E-state index contributed by atoms with van der Waals surface area (Å²) < 4.78 is 5.39. The van der Waals surface area contributed by atoms with Crippen LogP contribution in [0.25, 0.3) is 0 Å². The van der Waals surface area contributed by atoms with E-state index in [-0.39, 0.29) is 6.61 Å². The quantitative estimate of drug-likeness (QED) is 0.784. The Labute approximate surface area is 114 Å². The fourth-order valence-electron chi connectivity index (χ4n) is 1.54. The second-order valence-corrected chi connectivity index (χ2v) is 5.31. The highest BCUT2D eigenvalue weighted by Gasteiger charge is 2.05. The lowest BCUT2D eigenvalue weighted by Crippen LogP contribution is -2.27. The van der Waals surface area contributed by atoms with Gasteiger partial charge in [-0.2, -0.15) is 17.0 Å². The number of para-hydroxylation sites is 1. The standard InChI is InChI=1S/C14H20N2OS/c1-3-18-11-12(2)16-10-13-6-4-5-7-14(13)17-9-8-15/h4-7,12,16H,3,9-11H2,1-2H3. The van der Waals surface area contributed by atoms with Gasteiger partial charge in [-0.25, -0.2) is 0 Å². The van der Waals surface area contributed by atoms with Crippen LogP contribution in [0.3, 0.4) is 0 Å². The smallest absolute Gasteiger partial charge is 0.174 e. The first kappa shape index (κ1) is 14.9. The Kier molecular flexibility index (Phi) is 7.31. The van der Waals surface area contributed by atoms with Crippen LogP contribution in [0.15, 0.2) is 24.3 Å². The number of rotatable bonds is 8. The average Bonchev–Trinajstić information content (AvgIpc) is 2.41. The Hall–Kier alpha value is -1.18. The zero-order valence-corrected chi connectivity index (χ0v) is 11.8. The first-order valence-corrected chi connectivity index (χ1v) is 7.32. The molecule has 0 radical (unpaired) electrons. The summed E-state index contributed by atoms with van der Waals surface area (Å²) in [5.41, 5.74) is 1.10. The minimum absolute atomic E-state index is 0.0955. The molecule has 0 aliphatic rings. The van der Waals surface area contributed by atoms with Crippen molar-refractivity contribution in [3.05, 3.63) is 29.8 Å². The molecule has 0 aliphatic heterocycles. The van der Waals surface area contributed by atoms with Crippen molar-refractivity contribution in [2.45, 2.75) is 26.4 Å². The Balaban J connectivity index is 2.48. The fraction of sp³-hybridized carbons (Fsp3) is 0.500. The first-order chi connectivity index (χ1) is 8.77. The van der Waals surface area contributed by atoms with Gasteiger partial charge >= 0.3 is 0 Å².